The zero-order chi connectivity index (χ0) is 12.0. The number of thiazole rings is 1. The van der Waals surface area contributed by atoms with Crippen molar-refractivity contribution >= 4 is 21.6 Å². The molecule has 0 amide bonds. The third-order valence-corrected chi connectivity index (χ3v) is 4.69. The summed E-state index contributed by atoms with van der Waals surface area (Å²) in [4.78, 5) is 4.68. The molecule has 3 rings (SSSR count). The second-order valence-electron chi connectivity index (χ2n) is 5.55. The maximum absolute atomic E-state index is 9.41. The number of aliphatic hydroxyl groups is 1. The number of nitrogens with zero attached hydrogens (tertiary/aromatic N) is 1. The molecule has 0 saturated heterocycles. The molecule has 90 valence electrons. The minimum Gasteiger partial charge on any atom is -0.395 e. The largest absolute Gasteiger partial charge is 0.395 e. The van der Waals surface area contributed by atoms with Crippen molar-refractivity contribution in [3.05, 3.63) is 28.8 Å². The maximum atomic E-state index is 9.41. The van der Waals surface area contributed by atoms with Gasteiger partial charge in [-0.05, 0) is 30.5 Å². The molecule has 0 radical (unpaired) electrons. The van der Waals surface area contributed by atoms with Gasteiger partial charge in [-0.2, -0.15) is 0 Å². The molecule has 1 aliphatic carbocycles. The molecular formula is C14H17NOS. The van der Waals surface area contributed by atoms with Crippen molar-refractivity contribution in [2.24, 2.45) is 0 Å². The highest BCUT2D eigenvalue weighted by Gasteiger charge is 2.27. The van der Waals surface area contributed by atoms with Crippen molar-refractivity contribution in [2.45, 2.75) is 38.0 Å². The Morgan fingerprint density at radius 2 is 2.18 bits per heavy atom. The summed E-state index contributed by atoms with van der Waals surface area (Å²) in [6.45, 7) is 4.31. The van der Waals surface area contributed by atoms with Gasteiger partial charge >= 0.3 is 0 Å². The zero-order valence-electron chi connectivity index (χ0n) is 10.2. The van der Waals surface area contributed by atoms with Crippen molar-refractivity contribution in [3.8, 4) is 0 Å². The van der Waals surface area contributed by atoms with Crippen LogP contribution in [0.3, 0.4) is 0 Å². The Kier molecular flexibility index (Phi) is 2.49. The van der Waals surface area contributed by atoms with Crippen molar-refractivity contribution in [2.75, 3.05) is 6.61 Å². The van der Waals surface area contributed by atoms with E-state index in [0.717, 1.165) is 11.4 Å². The quantitative estimate of drug-likeness (QED) is 0.901. The fraction of sp³-hybridized carbons (Fsp3) is 0.500. The lowest BCUT2D eigenvalue weighted by molar-refractivity contribution is 0.218. The standard InChI is InChI=1S/C14H17NOS/c1-14(2,8-16)10-5-6-11-12(7-10)17-13(15-11)9-3-4-9/h5-7,9,16H,3-4,8H2,1-2H3. The average Bonchev–Trinajstić information content (AvgIpc) is 3.08. The van der Waals surface area contributed by atoms with Gasteiger partial charge in [-0.15, -0.1) is 11.3 Å². The molecule has 1 heterocycles. The fourth-order valence-corrected chi connectivity index (χ4v) is 3.14. The van der Waals surface area contributed by atoms with Crippen LogP contribution in [-0.4, -0.2) is 16.7 Å². The van der Waals surface area contributed by atoms with E-state index in [-0.39, 0.29) is 12.0 Å². The Balaban J connectivity index is 2.05. The molecule has 0 spiro atoms. The Morgan fingerprint density at radius 3 is 2.82 bits per heavy atom. The topological polar surface area (TPSA) is 33.1 Å². The number of aliphatic hydroxyl groups excluding tert-OH is 1. The molecule has 0 atom stereocenters. The van der Waals surface area contributed by atoms with Gasteiger partial charge in [0.05, 0.1) is 21.8 Å². The number of hydrogen-bond donors (Lipinski definition) is 1. The summed E-state index contributed by atoms with van der Waals surface area (Å²) in [5.41, 5.74) is 2.13. The number of hydrogen-bond acceptors (Lipinski definition) is 3. The lowest BCUT2D eigenvalue weighted by Crippen LogP contribution is -2.21. The zero-order valence-corrected chi connectivity index (χ0v) is 11.0. The Bertz CT molecular complexity index is 554. The second kappa shape index (κ2) is 3.79. The molecule has 0 bridgehead atoms. The SMILES string of the molecule is CC(C)(CO)c1ccc2nc(C3CC3)sc2c1. The van der Waals surface area contributed by atoms with Crippen LogP contribution < -0.4 is 0 Å². The lowest BCUT2D eigenvalue weighted by Gasteiger charge is -2.21. The van der Waals surface area contributed by atoms with Gasteiger partial charge in [0, 0.05) is 11.3 Å². The number of rotatable bonds is 3. The van der Waals surface area contributed by atoms with Crippen LogP contribution in [0.4, 0.5) is 0 Å². The lowest BCUT2D eigenvalue weighted by atomic mass is 9.86. The first-order valence-corrected chi connectivity index (χ1v) is 6.93. The van der Waals surface area contributed by atoms with Gasteiger partial charge in [0.1, 0.15) is 0 Å². The van der Waals surface area contributed by atoms with Crippen molar-refractivity contribution in [1.82, 2.24) is 4.98 Å². The molecule has 3 heteroatoms. The summed E-state index contributed by atoms with van der Waals surface area (Å²) in [5, 5.41) is 10.7. The highest BCUT2D eigenvalue weighted by molar-refractivity contribution is 7.18. The second-order valence-corrected chi connectivity index (χ2v) is 6.61. The summed E-state index contributed by atoms with van der Waals surface area (Å²) in [7, 11) is 0. The van der Waals surface area contributed by atoms with Crippen LogP contribution in [0.25, 0.3) is 10.2 Å². The van der Waals surface area contributed by atoms with E-state index in [1.165, 1.54) is 28.1 Å². The minimum atomic E-state index is -0.169. The predicted molar refractivity (Wildman–Crippen MR) is 71.7 cm³/mol. The molecule has 2 nitrogen and oxygen atoms in total. The third kappa shape index (κ3) is 1.98. The van der Waals surface area contributed by atoms with E-state index < -0.39 is 0 Å². The van der Waals surface area contributed by atoms with Crippen LogP contribution in [0.15, 0.2) is 18.2 Å². The Labute approximate surface area is 105 Å². The fourth-order valence-electron chi connectivity index (χ4n) is 1.96. The van der Waals surface area contributed by atoms with Crippen molar-refractivity contribution in [1.29, 1.82) is 0 Å². The first-order valence-electron chi connectivity index (χ1n) is 6.12. The van der Waals surface area contributed by atoms with E-state index >= 15 is 0 Å². The van der Waals surface area contributed by atoms with E-state index in [1.807, 2.05) is 11.3 Å². The molecule has 17 heavy (non-hydrogen) atoms. The smallest absolute Gasteiger partial charge is 0.0969 e. The van der Waals surface area contributed by atoms with Crippen LogP contribution >= 0.6 is 11.3 Å². The van der Waals surface area contributed by atoms with Crippen LogP contribution in [0, 0.1) is 0 Å². The first kappa shape index (κ1) is 11.2. The number of fused-ring (bicyclic) bond motifs is 1. The van der Waals surface area contributed by atoms with Gasteiger partial charge in [0.2, 0.25) is 0 Å². The molecule has 1 saturated carbocycles. The molecule has 1 aromatic carbocycles. The van der Waals surface area contributed by atoms with Crippen molar-refractivity contribution < 1.29 is 5.11 Å². The van der Waals surface area contributed by atoms with Gasteiger partial charge in [0.25, 0.3) is 0 Å². The van der Waals surface area contributed by atoms with Gasteiger partial charge in [0.15, 0.2) is 0 Å². The maximum Gasteiger partial charge on any atom is 0.0969 e. The van der Waals surface area contributed by atoms with Crippen LogP contribution in [-0.2, 0) is 5.41 Å². The Morgan fingerprint density at radius 1 is 1.41 bits per heavy atom. The normalized spacial score (nSPS) is 16.6. The molecule has 1 aromatic heterocycles. The molecule has 1 fully saturated rings. The van der Waals surface area contributed by atoms with Gasteiger partial charge in [-0.25, -0.2) is 4.98 Å². The van der Waals surface area contributed by atoms with Crippen LogP contribution in [0.2, 0.25) is 0 Å². The minimum absolute atomic E-state index is 0.169. The van der Waals surface area contributed by atoms with E-state index in [1.54, 1.807) is 0 Å². The summed E-state index contributed by atoms with van der Waals surface area (Å²) >= 11 is 1.82. The molecule has 1 aliphatic rings. The Hall–Kier alpha value is -0.930. The molecule has 0 aliphatic heterocycles. The highest BCUT2D eigenvalue weighted by atomic mass is 32.1. The molecular weight excluding hydrogens is 230 g/mol. The molecule has 1 N–H and O–H groups in total. The number of benzene rings is 1. The van der Waals surface area contributed by atoms with E-state index in [2.05, 4.69) is 37.0 Å². The van der Waals surface area contributed by atoms with E-state index in [0.29, 0.717) is 0 Å². The summed E-state index contributed by atoms with van der Waals surface area (Å²) < 4.78 is 1.26. The summed E-state index contributed by atoms with van der Waals surface area (Å²) in [6, 6.07) is 6.37. The van der Waals surface area contributed by atoms with Gasteiger partial charge in [-0.1, -0.05) is 19.9 Å². The number of aromatic nitrogens is 1. The van der Waals surface area contributed by atoms with Crippen LogP contribution in [0.5, 0.6) is 0 Å². The third-order valence-electron chi connectivity index (χ3n) is 3.51. The predicted octanol–water partition coefficient (Wildman–Crippen LogP) is 3.44. The van der Waals surface area contributed by atoms with E-state index in [4.69, 9.17) is 0 Å². The summed E-state index contributed by atoms with van der Waals surface area (Å²) in [5.74, 6) is 0.724. The van der Waals surface area contributed by atoms with Crippen LogP contribution in [0.1, 0.15) is 43.2 Å². The first-order chi connectivity index (χ1) is 8.10. The van der Waals surface area contributed by atoms with Crippen molar-refractivity contribution in [3.63, 3.8) is 0 Å². The highest BCUT2D eigenvalue weighted by Crippen LogP contribution is 2.43. The summed E-state index contributed by atoms with van der Waals surface area (Å²) in [6.07, 6.45) is 2.60. The monoisotopic (exact) mass is 247 g/mol. The van der Waals surface area contributed by atoms with Gasteiger partial charge < -0.3 is 5.11 Å². The average molecular weight is 247 g/mol. The molecule has 0 unspecified atom stereocenters. The van der Waals surface area contributed by atoms with Gasteiger partial charge in [-0.3, -0.25) is 0 Å². The molecule has 2 aromatic rings. The van der Waals surface area contributed by atoms with E-state index in [9.17, 15) is 5.11 Å².